The van der Waals surface area contributed by atoms with Crippen LogP contribution < -0.4 is 10.2 Å². The minimum atomic E-state index is -0.790. The van der Waals surface area contributed by atoms with Gasteiger partial charge in [0.25, 0.3) is 5.91 Å². The van der Waals surface area contributed by atoms with Crippen molar-refractivity contribution < 1.29 is 14.0 Å². The van der Waals surface area contributed by atoms with Crippen LogP contribution in [0.25, 0.3) is 0 Å². The number of rotatable bonds is 7. The summed E-state index contributed by atoms with van der Waals surface area (Å²) in [6.45, 7) is 3.87. The van der Waals surface area contributed by atoms with Crippen molar-refractivity contribution in [1.29, 1.82) is 0 Å². The zero-order chi connectivity index (χ0) is 23.2. The second-order valence-electron chi connectivity index (χ2n) is 8.74. The van der Waals surface area contributed by atoms with Crippen molar-refractivity contribution in [1.82, 2.24) is 5.32 Å². The third kappa shape index (κ3) is 5.19. The van der Waals surface area contributed by atoms with Crippen molar-refractivity contribution in [2.75, 3.05) is 4.90 Å². The monoisotopic (exact) mass is 444 g/mol. The van der Waals surface area contributed by atoms with E-state index in [2.05, 4.69) is 12.2 Å². The smallest absolute Gasteiger partial charge is 0.262 e. The molecule has 1 aliphatic carbocycles. The first kappa shape index (κ1) is 22.8. The van der Waals surface area contributed by atoms with E-state index in [1.165, 1.54) is 18.2 Å². The van der Waals surface area contributed by atoms with E-state index >= 15 is 0 Å². The molecule has 1 N–H and O–H groups in total. The number of furan rings is 1. The fraction of sp³-hybridized carbons (Fsp3) is 0.357. The van der Waals surface area contributed by atoms with E-state index in [4.69, 9.17) is 4.42 Å². The Labute approximate surface area is 195 Å². The van der Waals surface area contributed by atoms with Gasteiger partial charge in [0, 0.05) is 11.7 Å². The van der Waals surface area contributed by atoms with E-state index in [0.717, 1.165) is 37.7 Å². The Kier molecular flexibility index (Phi) is 7.28. The maximum Gasteiger partial charge on any atom is 0.262 e. The number of nitrogens with zero attached hydrogens (tertiary/aromatic N) is 1. The third-order valence-electron chi connectivity index (χ3n) is 6.50. The van der Waals surface area contributed by atoms with Crippen molar-refractivity contribution in [3.8, 4) is 0 Å². The van der Waals surface area contributed by atoms with Gasteiger partial charge in [-0.1, -0.05) is 68.7 Å². The number of carbonyl (C=O) groups is 2. The Bertz CT molecular complexity index is 1070. The maximum atomic E-state index is 13.8. The van der Waals surface area contributed by atoms with Gasteiger partial charge < -0.3 is 9.73 Å². The van der Waals surface area contributed by atoms with Gasteiger partial charge in [0.15, 0.2) is 0 Å². The summed E-state index contributed by atoms with van der Waals surface area (Å²) in [5, 5.41) is 3.25. The van der Waals surface area contributed by atoms with Crippen LogP contribution in [0.4, 0.5) is 5.69 Å². The number of amides is 2. The molecule has 0 spiro atoms. The first-order valence-electron chi connectivity index (χ1n) is 11.9. The number of hydrogen-bond donors (Lipinski definition) is 1. The minimum absolute atomic E-state index is 0.145. The van der Waals surface area contributed by atoms with Gasteiger partial charge in [0.05, 0.1) is 11.8 Å². The SMILES string of the molecule is CCc1ccc(C(C(=O)NC2CCCCC2)N(C(=O)c2ccoc2C)c2ccccc2)cc1. The Morgan fingerprint density at radius 3 is 2.30 bits per heavy atom. The first-order valence-corrected chi connectivity index (χ1v) is 11.9. The lowest BCUT2D eigenvalue weighted by Crippen LogP contribution is -2.47. The molecule has 1 unspecified atom stereocenters. The Morgan fingerprint density at radius 2 is 1.70 bits per heavy atom. The first-order chi connectivity index (χ1) is 16.1. The molecule has 3 aromatic rings. The van der Waals surface area contributed by atoms with Crippen molar-refractivity contribution in [2.45, 2.75) is 64.5 Å². The van der Waals surface area contributed by atoms with Gasteiger partial charge in [0.1, 0.15) is 11.8 Å². The zero-order valence-corrected chi connectivity index (χ0v) is 19.4. The molecule has 5 nitrogen and oxygen atoms in total. The average molecular weight is 445 g/mol. The van der Waals surface area contributed by atoms with Crippen LogP contribution in [-0.4, -0.2) is 17.9 Å². The Hall–Kier alpha value is -3.34. The summed E-state index contributed by atoms with van der Waals surface area (Å²) in [4.78, 5) is 29.3. The lowest BCUT2D eigenvalue weighted by Gasteiger charge is -2.33. The number of aryl methyl sites for hydroxylation is 2. The second-order valence-corrected chi connectivity index (χ2v) is 8.74. The second kappa shape index (κ2) is 10.5. The van der Waals surface area contributed by atoms with Crippen molar-refractivity contribution in [3.05, 3.63) is 89.4 Å². The van der Waals surface area contributed by atoms with Crippen LogP contribution in [-0.2, 0) is 11.2 Å². The number of nitrogens with one attached hydrogen (secondary N) is 1. The molecule has 1 aliphatic rings. The minimum Gasteiger partial charge on any atom is -0.469 e. The number of benzene rings is 2. The largest absolute Gasteiger partial charge is 0.469 e. The highest BCUT2D eigenvalue weighted by molar-refractivity contribution is 6.10. The molecule has 5 heteroatoms. The molecule has 0 saturated heterocycles. The molecule has 2 amide bonds. The normalized spacial score (nSPS) is 15.1. The maximum absolute atomic E-state index is 13.8. The molecule has 1 aromatic heterocycles. The van der Waals surface area contributed by atoms with Gasteiger partial charge in [-0.3, -0.25) is 14.5 Å². The van der Waals surface area contributed by atoms with Gasteiger partial charge in [-0.25, -0.2) is 0 Å². The van der Waals surface area contributed by atoms with E-state index in [1.807, 2.05) is 54.6 Å². The van der Waals surface area contributed by atoms with Gasteiger partial charge >= 0.3 is 0 Å². The van der Waals surface area contributed by atoms with Gasteiger partial charge in [-0.15, -0.1) is 0 Å². The molecule has 1 heterocycles. The molecular formula is C28H32N2O3. The van der Waals surface area contributed by atoms with Gasteiger partial charge in [-0.05, 0) is 55.5 Å². The number of hydrogen-bond acceptors (Lipinski definition) is 3. The number of carbonyl (C=O) groups excluding carboxylic acids is 2. The molecule has 172 valence electrons. The van der Waals surface area contributed by atoms with E-state index in [-0.39, 0.29) is 17.9 Å². The Morgan fingerprint density at radius 1 is 1.00 bits per heavy atom. The lowest BCUT2D eigenvalue weighted by molar-refractivity contribution is -0.123. The lowest BCUT2D eigenvalue weighted by atomic mass is 9.94. The average Bonchev–Trinajstić information content (AvgIpc) is 3.29. The Balaban J connectivity index is 1.78. The van der Waals surface area contributed by atoms with Gasteiger partial charge in [-0.2, -0.15) is 0 Å². The van der Waals surface area contributed by atoms with E-state index in [0.29, 0.717) is 17.0 Å². The summed E-state index contributed by atoms with van der Waals surface area (Å²) >= 11 is 0. The number of anilines is 1. The van der Waals surface area contributed by atoms with Crippen molar-refractivity contribution >= 4 is 17.5 Å². The molecular weight excluding hydrogens is 412 g/mol. The third-order valence-corrected chi connectivity index (χ3v) is 6.50. The fourth-order valence-corrected chi connectivity index (χ4v) is 4.59. The standard InChI is InChI=1S/C28H32N2O3/c1-3-21-14-16-22(17-15-21)26(27(31)29-23-10-6-4-7-11-23)30(24-12-8-5-9-13-24)28(32)25-18-19-33-20(25)2/h5,8-9,12-19,23,26H,3-4,6-7,10-11H2,1-2H3,(H,29,31). The van der Waals surface area contributed by atoms with Crippen LogP contribution in [0.1, 0.15) is 72.3 Å². The van der Waals surface area contributed by atoms with Crippen LogP contribution in [0, 0.1) is 6.92 Å². The highest BCUT2D eigenvalue weighted by Gasteiger charge is 2.35. The van der Waals surface area contributed by atoms with Crippen molar-refractivity contribution in [2.24, 2.45) is 0 Å². The van der Waals surface area contributed by atoms with Gasteiger partial charge in [0.2, 0.25) is 5.91 Å². The predicted octanol–water partition coefficient (Wildman–Crippen LogP) is 5.99. The molecule has 1 saturated carbocycles. The van der Waals surface area contributed by atoms with Crippen LogP contribution in [0.15, 0.2) is 71.3 Å². The summed E-state index contributed by atoms with van der Waals surface area (Å²) in [6, 6.07) is 18.4. The highest BCUT2D eigenvalue weighted by atomic mass is 16.3. The molecule has 1 fully saturated rings. The summed E-state index contributed by atoms with van der Waals surface area (Å²) in [7, 11) is 0. The molecule has 4 rings (SSSR count). The molecule has 2 aromatic carbocycles. The highest BCUT2D eigenvalue weighted by Crippen LogP contribution is 2.31. The predicted molar refractivity (Wildman–Crippen MR) is 130 cm³/mol. The molecule has 1 atom stereocenters. The van der Waals surface area contributed by atoms with Crippen LogP contribution in [0.3, 0.4) is 0 Å². The van der Waals surface area contributed by atoms with E-state index in [1.54, 1.807) is 17.9 Å². The summed E-state index contributed by atoms with van der Waals surface area (Å²) in [6.07, 6.45) is 7.84. The van der Waals surface area contributed by atoms with Crippen molar-refractivity contribution in [3.63, 3.8) is 0 Å². The number of para-hydroxylation sites is 1. The molecule has 33 heavy (non-hydrogen) atoms. The molecule has 0 aliphatic heterocycles. The summed E-state index contributed by atoms with van der Waals surface area (Å²) in [5.74, 6) is 0.133. The van der Waals surface area contributed by atoms with E-state index in [9.17, 15) is 9.59 Å². The zero-order valence-electron chi connectivity index (χ0n) is 19.4. The summed E-state index contributed by atoms with van der Waals surface area (Å²) in [5.41, 5.74) is 3.11. The molecule has 0 bridgehead atoms. The topological polar surface area (TPSA) is 62.6 Å². The summed E-state index contributed by atoms with van der Waals surface area (Å²) < 4.78 is 5.42. The van der Waals surface area contributed by atoms with Crippen LogP contribution >= 0.6 is 0 Å². The van der Waals surface area contributed by atoms with Crippen LogP contribution in [0.5, 0.6) is 0 Å². The quantitative estimate of drug-likeness (QED) is 0.487. The van der Waals surface area contributed by atoms with Crippen LogP contribution in [0.2, 0.25) is 0 Å². The fourth-order valence-electron chi connectivity index (χ4n) is 4.59. The van der Waals surface area contributed by atoms with E-state index < -0.39 is 6.04 Å². The molecule has 0 radical (unpaired) electrons.